The summed E-state index contributed by atoms with van der Waals surface area (Å²) in [4.78, 5) is 19.4. The Balaban J connectivity index is 1.57. The molecule has 0 amide bonds. The predicted octanol–water partition coefficient (Wildman–Crippen LogP) is 2.50. The van der Waals surface area contributed by atoms with Gasteiger partial charge in [0, 0.05) is 5.56 Å². The van der Waals surface area contributed by atoms with E-state index in [1.165, 1.54) is 16.4 Å². The van der Waals surface area contributed by atoms with Crippen LogP contribution in [0.25, 0.3) is 22.3 Å². The Bertz CT molecular complexity index is 1130. The van der Waals surface area contributed by atoms with E-state index in [4.69, 9.17) is 5.84 Å². The Labute approximate surface area is 153 Å². The van der Waals surface area contributed by atoms with E-state index in [2.05, 4.69) is 20.2 Å². The number of hydrogen-bond acceptors (Lipinski definition) is 6. The smallest absolute Gasteiger partial charge is 0.258 e. The fourth-order valence-corrected chi connectivity index (χ4v) is 3.34. The van der Waals surface area contributed by atoms with Crippen molar-refractivity contribution in [1.82, 2.24) is 24.8 Å². The van der Waals surface area contributed by atoms with Gasteiger partial charge in [-0.05, 0) is 19.1 Å². The zero-order chi connectivity index (χ0) is 18.1. The largest absolute Gasteiger partial charge is 0.335 e. The van der Waals surface area contributed by atoms with E-state index in [1.807, 2.05) is 49.4 Å². The fourth-order valence-electron chi connectivity index (χ4n) is 2.61. The van der Waals surface area contributed by atoms with Gasteiger partial charge in [-0.25, -0.2) is 9.66 Å². The number of nitrogen functional groups attached to an aromatic ring is 1. The monoisotopic (exact) mass is 364 g/mol. The molecule has 0 fully saturated rings. The molecule has 3 N–H and O–H groups in total. The molecule has 0 saturated carbocycles. The number of H-pyrrole nitrogens is 1. The van der Waals surface area contributed by atoms with Crippen LogP contribution in [0.15, 0.2) is 58.5 Å². The average molecular weight is 364 g/mol. The highest BCUT2D eigenvalue weighted by atomic mass is 32.2. The molecular weight excluding hydrogens is 348 g/mol. The van der Waals surface area contributed by atoms with E-state index in [0.29, 0.717) is 33.5 Å². The van der Waals surface area contributed by atoms with Crippen molar-refractivity contribution in [2.75, 3.05) is 5.84 Å². The summed E-state index contributed by atoms with van der Waals surface area (Å²) in [5, 5.41) is 9.44. The second kappa shape index (κ2) is 6.64. The van der Waals surface area contributed by atoms with Gasteiger partial charge in [0.2, 0.25) is 5.16 Å². The molecular formula is C18H16N6OS. The number of thioether (sulfide) groups is 1. The minimum atomic E-state index is -0.152. The highest BCUT2D eigenvalue weighted by Crippen LogP contribution is 2.23. The standard InChI is InChI=1S/C18H16N6OS/c1-11-6-8-12(9-7-11)16-22-23-18(24(16)19)26-10-15-20-14-5-3-2-4-13(14)17(25)21-15/h2-9H,10,19H2,1H3,(H,20,21,25). The first-order valence-corrected chi connectivity index (χ1v) is 8.98. The molecule has 0 atom stereocenters. The topological polar surface area (TPSA) is 102 Å². The third-order valence-corrected chi connectivity index (χ3v) is 4.93. The maximum absolute atomic E-state index is 12.1. The van der Waals surface area contributed by atoms with Crippen molar-refractivity contribution < 1.29 is 0 Å². The molecule has 0 aliphatic rings. The number of aromatic nitrogens is 5. The van der Waals surface area contributed by atoms with Crippen LogP contribution in [0.3, 0.4) is 0 Å². The molecule has 0 aliphatic carbocycles. The van der Waals surface area contributed by atoms with Crippen molar-refractivity contribution in [3.05, 3.63) is 70.3 Å². The van der Waals surface area contributed by atoms with Crippen molar-refractivity contribution in [3.8, 4) is 11.4 Å². The van der Waals surface area contributed by atoms with E-state index in [-0.39, 0.29) is 5.56 Å². The molecule has 0 spiro atoms. The molecule has 0 bridgehead atoms. The average Bonchev–Trinajstić information content (AvgIpc) is 3.01. The number of rotatable bonds is 4. The number of hydrogen-bond donors (Lipinski definition) is 2. The van der Waals surface area contributed by atoms with Crippen LogP contribution in [-0.2, 0) is 5.75 Å². The van der Waals surface area contributed by atoms with Gasteiger partial charge in [-0.2, -0.15) is 0 Å². The number of aromatic amines is 1. The van der Waals surface area contributed by atoms with Gasteiger partial charge in [-0.15, -0.1) is 10.2 Å². The molecule has 4 aromatic rings. The lowest BCUT2D eigenvalue weighted by Gasteiger charge is -2.05. The maximum Gasteiger partial charge on any atom is 0.258 e. The lowest BCUT2D eigenvalue weighted by Crippen LogP contribution is -2.13. The lowest BCUT2D eigenvalue weighted by molar-refractivity contribution is 0.848. The number of aryl methyl sites for hydroxylation is 1. The molecule has 2 heterocycles. The Kier molecular flexibility index (Phi) is 4.18. The quantitative estimate of drug-likeness (QED) is 0.426. The van der Waals surface area contributed by atoms with Gasteiger partial charge < -0.3 is 10.8 Å². The second-order valence-electron chi connectivity index (χ2n) is 5.86. The molecule has 7 nitrogen and oxygen atoms in total. The Morgan fingerprint density at radius 3 is 2.69 bits per heavy atom. The van der Waals surface area contributed by atoms with Gasteiger partial charge >= 0.3 is 0 Å². The molecule has 2 aromatic heterocycles. The fraction of sp³-hybridized carbons (Fsp3) is 0.111. The van der Waals surface area contributed by atoms with Gasteiger partial charge in [0.25, 0.3) is 5.56 Å². The van der Waals surface area contributed by atoms with Crippen molar-refractivity contribution >= 4 is 22.7 Å². The van der Waals surface area contributed by atoms with Crippen molar-refractivity contribution in [2.45, 2.75) is 17.8 Å². The van der Waals surface area contributed by atoms with E-state index in [1.54, 1.807) is 6.07 Å². The van der Waals surface area contributed by atoms with Gasteiger partial charge in [0.05, 0.1) is 16.7 Å². The van der Waals surface area contributed by atoms with Crippen LogP contribution in [0, 0.1) is 6.92 Å². The third-order valence-electron chi connectivity index (χ3n) is 3.97. The minimum absolute atomic E-state index is 0.152. The van der Waals surface area contributed by atoms with Crippen molar-refractivity contribution in [1.29, 1.82) is 0 Å². The number of nitrogens with two attached hydrogens (primary N) is 1. The Morgan fingerprint density at radius 2 is 1.88 bits per heavy atom. The molecule has 0 aliphatic heterocycles. The molecule has 26 heavy (non-hydrogen) atoms. The number of nitrogens with zero attached hydrogens (tertiary/aromatic N) is 4. The first-order valence-electron chi connectivity index (χ1n) is 8.00. The third kappa shape index (κ3) is 3.06. The molecule has 0 radical (unpaired) electrons. The summed E-state index contributed by atoms with van der Waals surface area (Å²) in [6.07, 6.45) is 0. The van der Waals surface area contributed by atoms with Crippen LogP contribution in [0.2, 0.25) is 0 Å². The first kappa shape index (κ1) is 16.3. The predicted molar refractivity (Wildman–Crippen MR) is 102 cm³/mol. The highest BCUT2D eigenvalue weighted by Gasteiger charge is 2.13. The van der Waals surface area contributed by atoms with E-state index in [9.17, 15) is 4.79 Å². The van der Waals surface area contributed by atoms with Crippen molar-refractivity contribution in [2.24, 2.45) is 0 Å². The first-order chi connectivity index (χ1) is 12.6. The highest BCUT2D eigenvalue weighted by molar-refractivity contribution is 7.98. The molecule has 130 valence electrons. The minimum Gasteiger partial charge on any atom is -0.335 e. The van der Waals surface area contributed by atoms with Gasteiger partial charge in [-0.3, -0.25) is 4.79 Å². The lowest BCUT2D eigenvalue weighted by atomic mass is 10.1. The SMILES string of the molecule is Cc1ccc(-c2nnc(SCc3nc4ccccc4c(=O)[nH]3)n2N)cc1. The van der Waals surface area contributed by atoms with E-state index in [0.717, 1.165) is 11.1 Å². The van der Waals surface area contributed by atoms with E-state index < -0.39 is 0 Å². The number of benzene rings is 2. The van der Waals surface area contributed by atoms with Crippen LogP contribution in [0.1, 0.15) is 11.4 Å². The molecule has 0 unspecified atom stereocenters. The summed E-state index contributed by atoms with van der Waals surface area (Å²) in [7, 11) is 0. The summed E-state index contributed by atoms with van der Waals surface area (Å²) < 4.78 is 1.45. The van der Waals surface area contributed by atoms with Crippen LogP contribution < -0.4 is 11.4 Å². The molecule has 0 saturated heterocycles. The summed E-state index contributed by atoms with van der Waals surface area (Å²) in [6, 6.07) is 15.2. The zero-order valence-electron chi connectivity index (χ0n) is 14.0. The zero-order valence-corrected chi connectivity index (χ0v) is 14.8. The summed E-state index contributed by atoms with van der Waals surface area (Å²) >= 11 is 1.37. The molecule has 4 rings (SSSR count). The normalized spacial score (nSPS) is 11.1. The Hall–Kier alpha value is -3.13. The summed E-state index contributed by atoms with van der Waals surface area (Å²) in [5.41, 5.74) is 2.58. The van der Waals surface area contributed by atoms with Crippen LogP contribution in [0.5, 0.6) is 0 Å². The number of nitrogens with one attached hydrogen (secondary N) is 1. The molecule has 8 heteroatoms. The van der Waals surface area contributed by atoms with Crippen LogP contribution >= 0.6 is 11.8 Å². The maximum atomic E-state index is 12.1. The van der Waals surface area contributed by atoms with Gasteiger partial charge in [0.15, 0.2) is 5.82 Å². The van der Waals surface area contributed by atoms with Crippen LogP contribution in [0.4, 0.5) is 0 Å². The Morgan fingerprint density at radius 1 is 1.12 bits per heavy atom. The number of fused-ring (bicyclic) bond motifs is 1. The van der Waals surface area contributed by atoms with Gasteiger partial charge in [0.1, 0.15) is 5.82 Å². The van der Waals surface area contributed by atoms with Gasteiger partial charge in [-0.1, -0.05) is 53.7 Å². The summed E-state index contributed by atoms with van der Waals surface area (Å²) in [6.45, 7) is 2.02. The number of para-hydroxylation sites is 1. The second-order valence-corrected chi connectivity index (χ2v) is 6.80. The van der Waals surface area contributed by atoms with Crippen LogP contribution in [-0.4, -0.2) is 24.8 Å². The summed E-state index contributed by atoms with van der Waals surface area (Å²) in [5.74, 6) is 7.73. The molecule has 2 aromatic carbocycles. The van der Waals surface area contributed by atoms with Crippen molar-refractivity contribution in [3.63, 3.8) is 0 Å². The van der Waals surface area contributed by atoms with E-state index >= 15 is 0 Å².